The molecule has 0 unspecified atom stereocenters. The van der Waals surface area contributed by atoms with Gasteiger partial charge in [-0.2, -0.15) is 0 Å². The maximum atomic E-state index is 12.1. The molecule has 26 heavy (non-hydrogen) atoms. The molecular weight excluding hydrogens is 370 g/mol. The summed E-state index contributed by atoms with van der Waals surface area (Å²) in [5.74, 6) is -0.457. The molecule has 1 aromatic rings. The molecule has 1 aliphatic heterocycles. The predicted molar refractivity (Wildman–Crippen MR) is 108 cm³/mol. The van der Waals surface area contributed by atoms with Crippen LogP contribution >= 0.6 is 23.5 Å². The lowest BCUT2D eigenvalue weighted by Gasteiger charge is -2.12. The van der Waals surface area contributed by atoms with Crippen molar-refractivity contribution in [3.8, 4) is 0 Å². The second kappa shape index (κ2) is 8.60. The van der Waals surface area contributed by atoms with E-state index in [4.69, 9.17) is 9.47 Å². The van der Waals surface area contributed by atoms with Crippen LogP contribution in [0, 0.1) is 0 Å². The van der Waals surface area contributed by atoms with Crippen molar-refractivity contribution in [1.29, 1.82) is 0 Å². The van der Waals surface area contributed by atoms with Crippen molar-refractivity contribution >= 4 is 45.4 Å². The highest BCUT2D eigenvalue weighted by Crippen LogP contribution is 2.42. The van der Waals surface area contributed by atoms with Gasteiger partial charge in [-0.3, -0.25) is 9.79 Å². The Bertz CT molecular complexity index is 796. The molecule has 7 heteroatoms. The lowest BCUT2D eigenvalue weighted by Crippen LogP contribution is -2.12. The molecule has 5 nitrogen and oxygen atoms in total. The Labute approximate surface area is 161 Å². The molecule has 1 heterocycles. The van der Waals surface area contributed by atoms with Gasteiger partial charge in [0.1, 0.15) is 16.2 Å². The normalized spacial score (nSPS) is 16.2. The van der Waals surface area contributed by atoms with Crippen LogP contribution in [-0.2, 0) is 24.8 Å². The summed E-state index contributed by atoms with van der Waals surface area (Å²) in [6.07, 6.45) is 1.14. The van der Waals surface area contributed by atoms with E-state index in [1.165, 1.54) is 14.0 Å². The van der Waals surface area contributed by atoms with Crippen molar-refractivity contribution in [3.63, 3.8) is 0 Å². The van der Waals surface area contributed by atoms with Gasteiger partial charge in [0, 0.05) is 17.6 Å². The minimum Gasteiger partial charge on any atom is -0.465 e. The third kappa shape index (κ3) is 5.02. The van der Waals surface area contributed by atoms with Crippen molar-refractivity contribution in [2.24, 2.45) is 4.99 Å². The summed E-state index contributed by atoms with van der Waals surface area (Å²) in [4.78, 5) is 28.9. The first-order chi connectivity index (χ1) is 12.2. The fourth-order valence-corrected chi connectivity index (χ4v) is 4.45. The molecule has 0 bridgehead atoms. The number of methoxy groups -OCH3 is 1. The molecule has 0 aliphatic carbocycles. The van der Waals surface area contributed by atoms with Crippen LogP contribution in [0.5, 0.6) is 0 Å². The maximum absolute atomic E-state index is 12.1. The summed E-state index contributed by atoms with van der Waals surface area (Å²) in [5, 5.41) is 0. The Balaban J connectivity index is 2.26. The molecule has 0 N–H and O–H groups in total. The number of rotatable bonds is 5. The number of esters is 2. The number of carbonyl (C=O) groups excluding carboxylic acids is 2. The van der Waals surface area contributed by atoms with E-state index in [9.17, 15) is 9.59 Å². The lowest BCUT2D eigenvalue weighted by atomic mass is 10.0. The Kier molecular flexibility index (Phi) is 6.72. The number of nitrogens with zero attached hydrogens (tertiary/aromatic N) is 1. The Hall–Kier alpha value is -1.99. The van der Waals surface area contributed by atoms with Gasteiger partial charge in [-0.1, -0.05) is 54.4 Å². The first kappa shape index (κ1) is 20.3. The second-order valence-electron chi connectivity index (χ2n) is 6.04. The van der Waals surface area contributed by atoms with Gasteiger partial charge < -0.3 is 9.47 Å². The van der Waals surface area contributed by atoms with Gasteiger partial charge in [-0.15, -0.1) is 0 Å². The molecule has 0 aromatic heterocycles. The van der Waals surface area contributed by atoms with E-state index in [-0.39, 0.29) is 11.1 Å². The van der Waals surface area contributed by atoms with Gasteiger partial charge in [0.2, 0.25) is 0 Å². The number of aliphatic imine (C=N–C) groups is 1. The predicted octanol–water partition coefficient (Wildman–Crippen LogP) is 4.39. The molecule has 0 fully saturated rings. The molecule has 2 rings (SSSR count). The number of benzene rings is 1. The van der Waals surface area contributed by atoms with E-state index in [1.54, 1.807) is 29.6 Å². The van der Waals surface area contributed by atoms with Gasteiger partial charge in [0.25, 0.3) is 0 Å². The number of carbonyl (C=O) groups is 2. The van der Waals surface area contributed by atoms with Gasteiger partial charge in [0.15, 0.2) is 0 Å². The largest absolute Gasteiger partial charge is 0.465 e. The van der Waals surface area contributed by atoms with E-state index >= 15 is 0 Å². The van der Waals surface area contributed by atoms with Gasteiger partial charge in [-0.25, -0.2) is 4.79 Å². The molecule has 0 atom stereocenters. The fraction of sp³-hybridized carbons (Fsp3) is 0.316. The van der Waals surface area contributed by atoms with E-state index in [0.717, 1.165) is 21.1 Å². The third-order valence-electron chi connectivity index (χ3n) is 3.67. The van der Waals surface area contributed by atoms with Gasteiger partial charge >= 0.3 is 11.9 Å². The molecule has 0 saturated heterocycles. The highest BCUT2D eigenvalue weighted by Gasteiger charge is 2.30. The standard InChI is InChI=1S/C19H21NO4S2/c1-12-19(3,4)20-18(26-12)25-11-14-8-6-7-9-15(14)16(17(22)23-5)10-24-13(2)21/h6-10H,1,11H2,2-5H3/b16-10+. The molecule has 1 aliphatic rings. The smallest absolute Gasteiger partial charge is 0.341 e. The van der Waals surface area contributed by atoms with E-state index < -0.39 is 11.9 Å². The molecule has 0 saturated carbocycles. The van der Waals surface area contributed by atoms with E-state index in [2.05, 4.69) is 11.6 Å². The van der Waals surface area contributed by atoms with Crippen LogP contribution in [0.15, 0.2) is 47.0 Å². The van der Waals surface area contributed by atoms with E-state index in [0.29, 0.717) is 11.3 Å². The average Bonchev–Trinajstić information content (AvgIpc) is 2.85. The van der Waals surface area contributed by atoms with Crippen LogP contribution in [-0.4, -0.2) is 29.0 Å². The highest BCUT2D eigenvalue weighted by molar-refractivity contribution is 8.40. The summed E-state index contributed by atoms with van der Waals surface area (Å²) in [5.41, 5.74) is 1.51. The summed E-state index contributed by atoms with van der Waals surface area (Å²) < 4.78 is 10.7. The minimum atomic E-state index is -0.564. The number of hydrogen-bond acceptors (Lipinski definition) is 7. The number of thioether (sulfide) groups is 2. The zero-order chi connectivity index (χ0) is 19.3. The molecule has 0 spiro atoms. The third-order valence-corrected chi connectivity index (χ3v) is 6.08. The molecular formula is C19H21NO4S2. The average molecular weight is 392 g/mol. The monoisotopic (exact) mass is 391 g/mol. The minimum absolute atomic E-state index is 0.199. The molecule has 0 radical (unpaired) electrons. The molecule has 0 amide bonds. The van der Waals surface area contributed by atoms with Crippen LogP contribution in [0.3, 0.4) is 0 Å². The first-order valence-corrected chi connectivity index (χ1v) is 9.68. The van der Waals surface area contributed by atoms with Crippen molar-refractivity contribution in [2.75, 3.05) is 7.11 Å². The van der Waals surface area contributed by atoms with Crippen LogP contribution < -0.4 is 0 Å². The van der Waals surface area contributed by atoms with Crippen LogP contribution in [0.4, 0.5) is 0 Å². The number of ether oxygens (including phenoxy) is 2. The zero-order valence-electron chi connectivity index (χ0n) is 15.2. The van der Waals surface area contributed by atoms with E-state index in [1.807, 2.05) is 32.0 Å². The number of hydrogen-bond donors (Lipinski definition) is 0. The zero-order valence-corrected chi connectivity index (χ0v) is 16.8. The van der Waals surface area contributed by atoms with Crippen molar-refractivity contribution in [3.05, 3.63) is 53.1 Å². The fourth-order valence-electron chi connectivity index (χ4n) is 2.13. The topological polar surface area (TPSA) is 65.0 Å². The Morgan fingerprint density at radius 1 is 1.35 bits per heavy atom. The second-order valence-corrected chi connectivity index (χ2v) is 8.35. The van der Waals surface area contributed by atoms with Crippen LogP contribution in [0.2, 0.25) is 0 Å². The van der Waals surface area contributed by atoms with Gasteiger partial charge in [0.05, 0.1) is 12.6 Å². The maximum Gasteiger partial charge on any atom is 0.341 e. The summed E-state index contributed by atoms with van der Waals surface area (Å²) in [7, 11) is 1.29. The summed E-state index contributed by atoms with van der Waals surface area (Å²) in [6, 6.07) is 7.44. The van der Waals surface area contributed by atoms with Crippen LogP contribution in [0.25, 0.3) is 5.57 Å². The SMILES string of the molecule is C=C1SC(SCc2ccccc2/C(=C\OC(C)=O)C(=O)OC)=NC1(C)C. The summed E-state index contributed by atoms with van der Waals surface area (Å²) in [6.45, 7) is 9.38. The Morgan fingerprint density at radius 2 is 2.04 bits per heavy atom. The quantitative estimate of drug-likeness (QED) is 0.421. The first-order valence-electron chi connectivity index (χ1n) is 7.88. The van der Waals surface area contributed by atoms with Crippen molar-refractivity contribution in [2.45, 2.75) is 32.1 Å². The van der Waals surface area contributed by atoms with Gasteiger partial charge in [-0.05, 0) is 25.0 Å². The van der Waals surface area contributed by atoms with Crippen molar-refractivity contribution in [1.82, 2.24) is 0 Å². The van der Waals surface area contributed by atoms with Crippen molar-refractivity contribution < 1.29 is 19.1 Å². The Morgan fingerprint density at radius 3 is 2.62 bits per heavy atom. The van der Waals surface area contributed by atoms with Crippen LogP contribution in [0.1, 0.15) is 31.9 Å². The lowest BCUT2D eigenvalue weighted by molar-refractivity contribution is -0.135. The highest BCUT2D eigenvalue weighted by atomic mass is 32.2. The molecule has 1 aromatic carbocycles. The molecule has 138 valence electrons. The summed E-state index contributed by atoms with van der Waals surface area (Å²) >= 11 is 3.16.